The van der Waals surface area contributed by atoms with Gasteiger partial charge in [0.1, 0.15) is 6.42 Å². The molecule has 2 saturated heterocycles. The molecule has 2 amide bonds. The lowest BCUT2D eigenvalue weighted by Gasteiger charge is -2.40. The second-order valence-electron chi connectivity index (χ2n) is 10.0. The average Bonchev–Trinajstić information content (AvgIpc) is 3.67. The predicted molar refractivity (Wildman–Crippen MR) is 138 cm³/mol. The first kappa shape index (κ1) is 25.8. The number of carbonyl (C=O) groups is 3. The van der Waals surface area contributed by atoms with E-state index in [2.05, 4.69) is 22.1 Å². The molecule has 9 nitrogen and oxygen atoms in total. The van der Waals surface area contributed by atoms with Gasteiger partial charge in [-0.25, -0.2) is 14.3 Å². The highest BCUT2D eigenvalue weighted by molar-refractivity contribution is 5.89. The number of aromatic amines is 1. The Morgan fingerprint density at radius 3 is 2.47 bits per heavy atom. The van der Waals surface area contributed by atoms with Crippen molar-refractivity contribution in [3.05, 3.63) is 89.5 Å². The number of rotatable bonds is 10. The maximum atomic E-state index is 14.2. The molecule has 9 heteroatoms. The molecule has 0 radical (unpaired) electrons. The van der Waals surface area contributed by atoms with Crippen LogP contribution in [0.25, 0.3) is 0 Å². The van der Waals surface area contributed by atoms with Gasteiger partial charge in [0.25, 0.3) is 12.2 Å². The van der Waals surface area contributed by atoms with Crippen LogP contribution >= 0.6 is 0 Å². The van der Waals surface area contributed by atoms with Crippen molar-refractivity contribution in [2.24, 2.45) is 5.73 Å². The zero-order valence-corrected chi connectivity index (χ0v) is 21.3. The van der Waals surface area contributed by atoms with E-state index in [1.54, 1.807) is 6.20 Å². The zero-order valence-electron chi connectivity index (χ0n) is 21.3. The lowest BCUT2D eigenvalue weighted by atomic mass is 10.0. The number of carbonyl (C=O) groups excluding carboxylic acids is 3. The summed E-state index contributed by atoms with van der Waals surface area (Å²) in [5, 5.41) is 0. The highest BCUT2D eigenvalue weighted by atomic mass is 16.7. The maximum Gasteiger partial charge on any atom is 0.382 e. The molecule has 4 atom stereocenters. The molecule has 3 heterocycles. The molecule has 2 aromatic carbocycles. The topological polar surface area (TPSA) is 124 Å². The molecule has 3 aromatic rings. The van der Waals surface area contributed by atoms with Gasteiger partial charge in [-0.3, -0.25) is 9.59 Å². The van der Waals surface area contributed by atoms with Gasteiger partial charge in [-0.15, -0.1) is 0 Å². The largest absolute Gasteiger partial charge is 0.429 e. The number of aromatic nitrogens is 2. The van der Waals surface area contributed by atoms with Gasteiger partial charge in [-0.2, -0.15) is 0 Å². The van der Waals surface area contributed by atoms with Crippen molar-refractivity contribution in [3.8, 4) is 0 Å². The van der Waals surface area contributed by atoms with Crippen molar-refractivity contribution in [2.45, 2.75) is 63.5 Å². The van der Waals surface area contributed by atoms with Crippen molar-refractivity contribution in [2.75, 3.05) is 6.54 Å². The van der Waals surface area contributed by atoms with E-state index in [1.807, 2.05) is 48.5 Å². The molecule has 198 valence electrons. The zero-order chi connectivity index (χ0) is 26.5. The molecule has 2 fully saturated rings. The number of ether oxygens (including phenoxy) is 2. The summed E-state index contributed by atoms with van der Waals surface area (Å²) in [6, 6.07) is 18.2. The van der Waals surface area contributed by atoms with Crippen molar-refractivity contribution in [1.82, 2.24) is 9.97 Å². The molecule has 2 aliphatic rings. The molecule has 0 spiro atoms. The Kier molecular flexibility index (Phi) is 7.67. The predicted octanol–water partition coefficient (Wildman–Crippen LogP) is 3.05. The molecule has 3 unspecified atom stereocenters. The van der Waals surface area contributed by atoms with Crippen LogP contribution in [0.3, 0.4) is 0 Å². The van der Waals surface area contributed by atoms with Gasteiger partial charge >= 0.3 is 11.9 Å². The number of imidazole rings is 1. The summed E-state index contributed by atoms with van der Waals surface area (Å²) in [5.41, 5.74) is 8.75. The van der Waals surface area contributed by atoms with E-state index in [1.165, 1.54) is 5.56 Å². The quantitative estimate of drug-likeness (QED) is 0.315. The minimum absolute atomic E-state index is 0.0420. The smallest absolute Gasteiger partial charge is 0.382 e. The van der Waals surface area contributed by atoms with Gasteiger partial charge in [0, 0.05) is 19.0 Å². The van der Waals surface area contributed by atoms with Gasteiger partial charge in [0.15, 0.2) is 12.1 Å². The Balaban J connectivity index is 1.37. The minimum Gasteiger partial charge on any atom is -0.429 e. The number of aryl methyl sites for hydroxylation is 2. The third kappa shape index (κ3) is 5.25. The van der Waals surface area contributed by atoms with E-state index in [0.717, 1.165) is 24.1 Å². The third-order valence-corrected chi connectivity index (χ3v) is 7.63. The number of nitrogens with two attached hydrogens (primary N) is 1. The number of likely N-dealkylation sites (tertiary alicyclic amines) is 1. The van der Waals surface area contributed by atoms with Gasteiger partial charge in [-0.05, 0) is 30.4 Å². The Labute approximate surface area is 221 Å². The first-order valence-electron chi connectivity index (χ1n) is 13.1. The van der Waals surface area contributed by atoms with E-state index in [0.29, 0.717) is 25.8 Å². The molecular weight excluding hydrogens is 484 g/mol. The van der Waals surface area contributed by atoms with Crippen molar-refractivity contribution < 1.29 is 28.3 Å². The summed E-state index contributed by atoms with van der Waals surface area (Å²) in [6.45, 7) is 0.556. The molecule has 5 rings (SSSR count). The van der Waals surface area contributed by atoms with Crippen molar-refractivity contribution in [1.29, 1.82) is 0 Å². The van der Waals surface area contributed by atoms with Gasteiger partial charge in [-0.1, -0.05) is 60.7 Å². The first-order valence-corrected chi connectivity index (χ1v) is 13.1. The Hall–Kier alpha value is -3.82. The van der Waals surface area contributed by atoms with Crippen LogP contribution in [0.1, 0.15) is 53.1 Å². The third-order valence-electron chi connectivity index (χ3n) is 7.63. The number of benzene rings is 2. The van der Waals surface area contributed by atoms with Crippen LogP contribution in [0.15, 0.2) is 66.9 Å². The van der Waals surface area contributed by atoms with Crippen LogP contribution in [0.4, 0.5) is 0 Å². The molecule has 2 aliphatic heterocycles. The Morgan fingerprint density at radius 1 is 1.05 bits per heavy atom. The van der Waals surface area contributed by atoms with Gasteiger partial charge in [0.05, 0.1) is 18.8 Å². The minimum atomic E-state index is -0.980. The van der Waals surface area contributed by atoms with Gasteiger partial charge in [0.2, 0.25) is 5.82 Å². The summed E-state index contributed by atoms with van der Waals surface area (Å²) >= 11 is 0. The number of H-pyrrole nitrogens is 1. The van der Waals surface area contributed by atoms with Crippen molar-refractivity contribution >= 4 is 17.8 Å². The van der Waals surface area contributed by atoms with Crippen LogP contribution in [0.2, 0.25) is 0 Å². The molecule has 0 bridgehead atoms. The van der Waals surface area contributed by atoms with Crippen LogP contribution in [-0.2, 0) is 38.5 Å². The number of quaternary nitrogens is 1. The first-order chi connectivity index (χ1) is 18.5. The van der Waals surface area contributed by atoms with Crippen LogP contribution < -0.4 is 5.73 Å². The monoisotopic (exact) mass is 517 g/mol. The second-order valence-corrected chi connectivity index (χ2v) is 10.0. The lowest BCUT2D eigenvalue weighted by molar-refractivity contribution is -0.882. The second kappa shape index (κ2) is 11.3. The highest BCUT2D eigenvalue weighted by Gasteiger charge is 2.62. The summed E-state index contributed by atoms with van der Waals surface area (Å²) in [6.07, 6.45) is 4.26. The summed E-state index contributed by atoms with van der Waals surface area (Å²) in [4.78, 5) is 46.9. The normalized spacial score (nSPS) is 24.8. The fourth-order valence-electron chi connectivity index (χ4n) is 5.81. The molecule has 3 N–H and O–H groups in total. The number of hydrogen-bond acceptors (Lipinski definition) is 6. The molecule has 1 aromatic heterocycles. The van der Waals surface area contributed by atoms with E-state index < -0.39 is 30.3 Å². The van der Waals surface area contributed by atoms with E-state index >= 15 is 0 Å². The SMILES string of the molecule is NC(=O)[C@@H]1CCC[N+]1(C(=O)c1nc(CCCc2ccccc2)c[nH]1)C1CC(=O)OC1OCc1ccccc1. The number of esters is 1. The Morgan fingerprint density at radius 2 is 1.76 bits per heavy atom. The standard InChI is InChI=1S/C29H32N4O5/c30-26(35)23-15-8-16-33(23,24-17-25(34)38-29(24)37-19-21-11-5-2-6-12-21)28(36)27-31-18-22(32-27)14-7-13-20-9-3-1-4-10-20/h1-6,9-12,18,23-24,29H,7-8,13-17,19H2,(H2-,30,31,32,35,36)/p+1/t23-,24?,29?,33?/m0/s1. The number of nitrogens with zero attached hydrogens (tertiary/aromatic N) is 2. The molecule has 0 saturated carbocycles. The lowest BCUT2D eigenvalue weighted by Crippen LogP contribution is -2.67. The molecular formula is C29H33N4O5+. The van der Waals surface area contributed by atoms with E-state index in [-0.39, 0.29) is 29.2 Å². The fourth-order valence-corrected chi connectivity index (χ4v) is 5.81. The average molecular weight is 518 g/mol. The number of amides is 2. The van der Waals surface area contributed by atoms with Gasteiger partial charge < -0.3 is 20.2 Å². The van der Waals surface area contributed by atoms with Crippen LogP contribution in [0.5, 0.6) is 0 Å². The van der Waals surface area contributed by atoms with Crippen LogP contribution in [-0.4, -0.2) is 57.2 Å². The van der Waals surface area contributed by atoms with E-state index in [4.69, 9.17) is 15.2 Å². The fraction of sp³-hybridized carbons (Fsp3) is 0.379. The summed E-state index contributed by atoms with van der Waals surface area (Å²) < 4.78 is 11.2. The number of nitrogens with one attached hydrogen (secondary N) is 1. The van der Waals surface area contributed by atoms with Crippen LogP contribution in [0, 0.1) is 0 Å². The number of cyclic esters (lactones) is 1. The number of primary amides is 1. The Bertz CT molecular complexity index is 1280. The molecule has 0 aliphatic carbocycles. The van der Waals surface area contributed by atoms with E-state index in [9.17, 15) is 14.4 Å². The highest BCUT2D eigenvalue weighted by Crippen LogP contribution is 2.39. The maximum absolute atomic E-state index is 14.2. The summed E-state index contributed by atoms with van der Waals surface area (Å²) in [5.74, 6) is -1.24. The van der Waals surface area contributed by atoms with Crippen molar-refractivity contribution in [3.63, 3.8) is 0 Å². The summed E-state index contributed by atoms with van der Waals surface area (Å²) in [7, 11) is 0. The molecule has 38 heavy (non-hydrogen) atoms. The number of hydrogen-bond donors (Lipinski definition) is 2.